The lowest BCUT2D eigenvalue weighted by atomic mass is 10.0. The minimum atomic E-state index is -0.570. The van der Waals surface area contributed by atoms with Crippen LogP contribution in [0, 0.1) is 11.8 Å². The third-order valence-corrected chi connectivity index (χ3v) is 5.74. The lowest BCUT2D eigenvalue weighted by molar-refractivity contribution is 0.0676. The van der Waals surface area contributed by atoms with Crippen LogP contribution in [0.5, 0.6) is 5.75 Å². The van der Waals surface area contributed by atoms with Gasteiger partial charge in [-0.15, -0.1) is 0 Å². The number of fused-ring (bicyclic) bond motifs is 1. The second-order valence-electron chi connectivity index (χ2n) is 7.78. The summed E-state index contributed by atoms with van der Waals surface area (Å²) in [5.41, 5.74) is 1.67. The number of likely N-dealkylation sites (tertiary alicyclic amines) is 1. The molecular formula is C21H25ClN2O4. The van der Waals surface area contributed by atoms with Gasteiger partial charge in [0.05, 0.1) is 13.2 Å². The molecule has 3 heterocycles. The van der Waals surface area contributed by atoms with Crippen LogP contribution in [0.1, 0.15) is 0 Å². The smallest absolute Gasteiger partial charge is 0.250 e. The fourth-order valence-corrected chi connectivity index (χ4v) is 4.28. The average Bonchev–Trinajstić information content (AvgIpc) is 3.23. The van der Waals surface area contributed by atoms with Crippen LogP contribution in [0.25, 0.3) is 11.1 Å². The Morgan fingerprint density at radius 3 is 2.68 bits per heavy atom. The fourth-order valence-electron chi connectivity index (χ4n) is 4.05. The SMILES string of the molecule is Cn1cc(-c2cc(Cl)cc(OCC(O)CN3C[C@H]4COC[C@H]4C3)c2)ccc1=O. The van der Waals surface area contributed by atoms with E-state index in [-0.39, 0.29) is 12.2 Å². The van der Waals surface area contributed by atoms with Gasteiger partial charge >= 0.3 is 0 Å². The molecule has 0 radical (unpaired) electrons. The molecule has 0 spiro atoms. The van der Waals surface area contributed by atoms with E-state index in [9.17, 15) is 9.90 Å². The Hall–Kier alpha value is -1.86. The number of ether oxygens (including phenoxy) is 2. The van der Waals surface area contributed by atoms with E-state index in [0.717, 1.165) is 37.4 Å². The molecule has 1 unspecified atom stereocenters. The van der Waals surface area contributed by atoms with Crippen molar-refractivity contribution in [1.29, 1.82) is 0 Å². The molecule has 2 aromatic rings. The van der Waals surface area contributed by atoms with Crippen molar-refractivity contribution in [3.05, 3.63) is 51.9 Å². The van der Waals surface area contributed by atoms with Crippen molar-refractivity contribution in [3.63, 3.8) is 0 Å². The van der Waals surface area contributed by atoms with Gasteiger partial charge in [-0.05, 0) is 35.4 Å². The Bertz CT molecular complexity index is 888. The van der Waals surface area contributed by atoms with Crippen LogP contribution in [-0.2, 0) is 11.8 Å². The van der Waals surface area contributed by atoms with Crippen molar-refractivity contribution in [2.24, 2.45) is 18.9 Å². The highest BCUT2D eigenvalue weighted by Gasteiger charge is 2.37. The number of β-amino-alcohol motifs (C(OH)–C–C–N with tert-alkyl or cyclic N) is 1. The molecule has 2 fully saturated rings. The Kier molecular flexibility index (Phi) is 5.73. The number of aryl methyl sites for hydroxylation is 1. The van der Waals surface area contributed by atoms with E-state index in [1.807, 2.05) is 12.1 Å². The molecule has 1 aromatic heterocycles. The highest BCUT2D eigenvalue weighted by Crippen LogP contribution is 2.30. The molecule has 150 valence electrons. The van der Waals surface area contributed by atoms with Crippen LogP contribution in [0.3, 0.4) is 0 Å². The summed E-state index contributed by atoms with van der Waals surface area (Å²) in [4.78, 5) is 13.9. The molecule has 2 saturated heterocycles. The number of hydrogen-bond donors (Lipinski definition) is 1. The van der Waals surface area contributed by atoms with Crippen molar-refractivity contribution >= 4 is 11.6 Å². The van der Waals surface area contributed by atoms with Crippen LogP contribution in [0.2, 0.25) is 5.02 Å². The van der Waals surface area contributed by atoms with Gasteiger partial charge in [0.1, 0.15) is 18.5 Å². The summed E-state index contributed by atoms with van der Waals surface area (Å²) < 4.78 is 12.8. The molecule has 1 N–H and O–H groups in total. The molecule has 7 heteroatoms. The summed E-state index contributed by atoms with van der Waals surface area (Å²) in [6.07, 6.45) is 1.19. The number of halogens is 1. The van der Waals surface area contributed by atoms with E-state index in [0.29, 0.717) is 29.2 Å². The Balaban J connectivity index is 1.37. The number of pyridine rings is 1. The van der Waals surface area contributed by atoms with E-state index in [1.54, 1.807) is 25.4 Å². The number of hydrogen-bond acceptors (Lipinski definition) is 5. The van der Waals surface area contributed by atoms with Gasteiger partial charge in [0.2, 0.25) is 5.56 Å². The van der Waals surface area contributed by atoms with Gasteiger partial charge in [-0.3, -0.25) is 9.69 Å². The third kappa shape index (κ3) is 4.41. The molecule has 0 bridgehead atoms. The van der Waals surface area contributed by atoms with Gasteiger partial charge in [-0.1, -0.05) is 11.6 Å². The monoisotopic (exact) mass is 404 g/mol. The zero-order valence-electron chi connectivity index (χ0n) is 15.9. The first-order valence-electron chi connectivity index (χ1n) is 9.56. The highest BCUT2D eigenvalue weighted by molar-refractivity contribution is 6.31. The minimum absolute atomic E-state index is 0.0667. The molecule has 3 atom stereocenters. The number of aromatic nitrogens is 1. The summed E-state index contributed by atoms with van der Waals surface area (Å²) in [7, 11) is 1.71. The Morgan fingerprint density at radius 1 is 1.21 bits per heavy atom. The number of aliphatic hydroxyl groups excluding tert-OH is 1. The predicted molar refractivity (Wildman–Crippen MR) is 108 cm³/mol. The Morgan fingerprint density at radius 2 is 1.96 bits per heavy atom. The van der Waals surface area contributed by atoms with E-state index >= 15 is 0 Å². The number of rotatable bonds is 6. The molecule has 6 nitrogen and oxygen atoms in total. The van der Waals surface area contributed by atoms with Crippen molar-refractivity contribution < 1.29 is 14.6 Å². The van der Waals surface area contributed by atoms with Gasteiger partial charge in [0, 0.05) is 55.8 Å². The summed E-state index contributed by atoms with van der Waals surface area (Å²) in [6.45, 7) is 4.44. The maximum Gasteiger partial charge on any atom is 0.250 e. The molecular weight excluding hydrogens is 380 g/mol. The zero-order chi connectivity index (χ0) is 19.7. The summed E-state index contributed by atoms with van der Waals surface area (Å²) in [5.74, 6) is 1.80. The van der Waals surface area contributed by atoms with Crippen LogP contribution in [0.15, 0.2) is 41.3 Å². The standard InChI is InChI=1S/C21H25ClN2O4/c1-23-7-14(2-3-21(23)26)15-4-18(22)6-20(5-15)28-13-19(25)10-24-8-16-11-27-12-17(16)9-24/h2-7,16-17,19,25H,8-13H2,1H3/t16-,17+,19?. The normalized spacial score (nSPS) is 23.0. The van der Waals surface area contributed by atoms with Gasteiger partial charge in [-0.25, -0.2) is 0 Å². The Labute approximate surface area is 169 Å². The third-order valence-electron chi connectivity index (χ3n) is 5.52. The molecule has 0 aliphatic carbocycles. The summed E-state index contributed by atoms with van der Waals surface area (Å²) >= 11 is 6.25. The second-order valence-corrected chi connectivity index (χ2v) is 8.22. The maximum atomic E-state index is 11.6. The van der Waals surface area contributed by atoms with Crippen molar-refractivity contribution in [1.82, 2.24) is 9.47 Å². The molecule has 0 amide bonds. The first-order valence-corrected chi connectivity index (χ1v) is 9.94. The fraction of sp³-hybridized carbons (Fsp3) is 0.476. The van der Waals surface area contributed by atoms with Crippen LogP contribution < -0.4 is 10.3 Å². The maximum absolute atomic E-state index is 11.6. The molecule has 4 rings (SSSR count). The van der Waals surface area contributed by atoms with Crippen molar-refractivity contribution in [2.45, 2.75) is 6.10 Å². The first-order chi connectivity index (χ1) is 13.5. The van der Waals surface area contributed by atoms with Crippen molar-refractivity contribution in [2.75, 3.05) is 39.5 Å². The van der Waals surface area contributed by atoms with Crippen LogP contribution in [0.4, 0.5) is 0 Å². The van der Waals surface area contributed by atoms with E-state index in [4.69, 9.17) is 21.1 Å². The lowest BCUT2D eigenvalue weighted by Gasteiger charge is -2.21. The quantitative estimate of drug-likeness (QED) is 0.798. The van der Waals surface area contributed by atoms with Gasteiger partial charge < -0.3 is 19.1 Å². The topological polar surface area (TPSA) is 63.9 Å². The minimum Gasteiger partial charge on any atom is -0.491 e. The molecule has 2 aliphatic rings. The van der Waals surface area contributed by atoms with E-state index in [1.165, 1.54) is 10.6 Å². The first kappa shape index (κ1) is 19.5. The zero-order valence-corrected chi connectivity index (χ0v) is 16.6. The summed E-state index contributed by atoms with van der Waals surface area (Å²) in [6, 6.07) is 8.72. The molecule has 2 aliphatic heterocycles. The van der Waals surface area contributed by atoms with Gasteiger partial charge in [0.25, 0.3) is 0 Å². The van der Waals surface area contributed by atoms with Crippen LogP contribution >= 0.6 is 11.6 Å². The number of benzene rings is 1. The van der Waals surface area contributed by atoms with Gasteiger partial charge in [-0.2, -0.15) is 0 Å². The molecule has 0 saturated carbocycles. The molecule has 28 heavy (non-hydrogen) atoms. The van der Waals surface area contributed by atoms with E-state index in [2.05, 4.69) is 4.90 Å². The lowest BCUT2D eigenvalue weighted by Crippen LogP contribution is -2.35. The van der Waals surface area contributed by atoms with E-state index < -0.39 is 6.10 Å². The summed E-state index contributed by atoms with van der Waals surface area (Å²) in [5, 5.41) is 10.9. The van der Waals surface area contributed by atoms with Crippen molar-refractivity contribution in [3.8, 4) is 16.9 Å². The van der Waals surface area contributed by atoms with Gasteiger partial charge in [0.15, 0.2) is 0 Å². The number of nitrogens with zero attached hydrogens (tertiary/aromatic N) is 2. The second kappa shape index (κ2) is 8.25. The number of aliphatic hydroxyl groups is 1. The average molecular weight is 405 g/mol. The molecule has 1 aromatic carbocycles. The largest absolute Gasteiger partial charge is 0.491 e. The predicted octanol–water partition coefficient (Wildman–Crippen LogP) is 2.02. The highest BCUT2D eigenvalue weighted by atomic mass is 35.5. The van der Waals surface area contributed by atoms with Crippen LogP contribution in [-0.4, -0.2) is 60.1 Å².